The summed E-state index contributed by atoms with van der Waals surface area (Å²) in [6, 6.07) is 10.6. The zero-order chi connectivity index (χ0) is 19.0. The summed E-state index contributed by atoms with van der Waals surface area (Å²) in [7, 11) is 0. The summed E-state index contributed by atoms with van der Waals surface area (Å²) in [6.45, 7) is 1.70. The Morgan fingerprint density at radius 2 is 1.69 bits per heavy atom. The highest BCUT2D eigenvalue weighted by Gasteiger charge is 2.39. The molecule has 3 rings (SSSR count). The summed E-state index contributed by atoms with van der Waals surface area (Å²) in [4.78, 5) is 38.2. The van der Waals surface area contributed by atoms with Crippen LogP contribution in [0.1, 0.15) is 11.1 Å². The van der Waals surface area contributed by atoms with Crippen molar-refractivity contribution in [3.05, 3.63) is 69.3 Å². The third-order valence-corrected chi connectivity index (χ3v) is 4.71. The molecular weight excluding hydrogens is 377 g/mol. The molecule has 3 N–H and O–H groups in total. The van der Waals surface area contributed by atoms with E-state index in [4.69, 9.17) is 28.9 Å². The molecule has 0 unspecified atom stereocenters. The Balaban J connectivity index is 2.34. The first-order chi connectivity index (χ1) is 12.3. The number of amides is 4. The maximum Gasteiger partial charge on any atom is 0.333 e. The number of rotatable bonds is 3. The zero-order valence-corrected chi connectivity index (χ0v) is 15.1. The summed E-state index contributed by atoms with van der Waals surface area (Å²) in [5.41, 5.74) is 6.37. The summed E-state index contributed by atoms with van der Waals surface area (Å²) >= 11 is 12.3. The van der Waals surface area contributed by atoms with Gasteiger partial charge in [-0.25, -0.2) is 4.79 Å². The van der Waals surface area contributed by atoms with Crippen LogP contribution in [0, 0.1) is 6.92 Å². The molecule has 0 bridgehead atoms. The minimum absolute atomic E-state index is 0.154. The van der Waals surface area contributed by atoms with E-state index in [-0.39, 0.29) is 21.9 Å². The van der Waals surface area contributed by atoms with Crippen LogP contribution in [-0.2, 0) is 9.59 Å². The number of imide groups is 1. The predicted molar refractivity (Wildman–Crippen MR) is 99.8 cm³/mol. The monoisotopic (exact) mass is 389 g/mol. The van der Waals surface area contributed by atoms with E-state index in [1.165, 1.54) is 0 Å². The molecule has 0 radical (unpaired) electrons. The molecule has 132 valence electrons. The Labute approximate surface area is 159 Å². The van der Waals surface area contributed by atoms with Gasteiger partial charge in [-0.05, 0) is 30.7 Å². The van der Waals surface area contributed by atoms with Crippen LogP contribution >= 0.6 is 23.2 Å². The molecule has 8 heteroatoms. The number of nitrogens with two attached hydrogens (primary N) is 1. The molecule has 2 aromatic rings. The number of benzene rings is 2. The molecule has 1 heterocycles. The standard InChI is InChI=1S/C18H13Cl2N3O3/c1-9-11(19)7-4-8-13(9)23-15(17(25)22-18(23)26)14(16(21)24)10-5-2-3-6-12(10)20/h2-8H,1H3,(H2,21,24)(H,22,25,26)/b15-14-. The number of primary amides is 1. The molecule has 1 fully saturated rings. The Morgan fingerprint density at radius 1 is 1.04 bits per heavy atom. The van der Waals surface area contributed by atoms with Gasteiger partial charge in [0.05, 0.1) is 11.3 Å². The van der Waals surface area contributed by atoms with Crippen LogP contribution in [0.15, 0.2) is 48.2 Å². The number of halogens is 2. The van der Waals surface area contributed by atoms with Gasteiger partial charge in [0.15, 0.2) is 0 Å². The van der Waals surface area contributed by atoms with Crippen molar-refractivity contribution in [3.8, 4) is 0 Å². The molecule has 1 saturated heterocycles. The summed E-state index contributed by atoms with van der Waals surface area (Å²) in [6.07, 6.45) is 0. The fourth-order valence-corrected chi connectivity index (χ4v) is 3.15. The van der Waals surface area contributed by atoms with Crippen LogP contribution in [0.4, 0.5) is 10.5 Å². The van der Waals surface area contributed by atoms with Crippen LogP contribution in [-0.4, -0.2) is 17.8 Å². The van der Waals surface area contributed by atoms with E-state index in [1.54, 1.807) is 49.4 Å². The second-order valence-electron chi connectivity index (χ2n) is 5.55. The minimum atomic E-state index is -0.886. The second kappa shape index (κ2) is 6.82. The lowest BCUT2D eigenvalue weighted by Gasteiger charge is -2.21. The molecule has 1 aliphatic heterocycles. The van der Waals surface area contributed by atoms with Crippen LogP contribution in [0.25, 0.3) is 5.57 Å². The van der Waals surface area contributed by atoms with Gasteiger partial charge < -0.3 is 5.73 Å². The summed E-state index contributed by atoms with van der Waals surface area (Å²) in [5, 5.41) is 2.82. The quantitative estimate of drug-likeness (QED) is 0.623. The van der Waals surface area contributed by atoms with Gasteiger partial charge >= 0.3 is 6.03 Å². The van der Waals surface area contributed by atoms with E-state index in [9.17, 15) is 14.4 Å². The Kier molecular flexibility index (Phi) is 4.71. The highest BCUT2D eigenvalue weighted by atomic mass is 35.5. The number of carbonyl (C=O) groups is 3. The van der Waals surface area contributed by atoms with Crippen molar-refractivity contribution >= 4 is 52.3 Å². The maximum atomic E-state index is 12.5. The van der Waals surface area contributed by atoms with E-state index in [0.29, 0.717) is 16.3 Å². The van der Waals surface area contributed by atoms with Gasteiger partial charge in [-0.2, -0.15) is 0 Å². The molecule has 1 aliphatic rings. The van der Waals surface area contributed by atoms with Crippen LogP contribution < -0.4 is 16.0 Å². The van der Waals surface area contributed by atoms with Crippen LogP contribution in [0.2, 0.25) is 10.0 Å². The molecule has 0 spiro atoms. The number of carbonyl (C=O) groups excluding carboxylic acids is 3. The number of nitrogens with zero attached hydrogens (tertiary/aromatic N) is 1. The third kappa shape index (κ3) is 2.94. The molecule has 0 aromatic heterocycles. The van der Waals surface area contributed by atoms with Crippen LogP contribution in [0.5, 0.6) is 0 Å². The van der Waals surface area contributed by atoms with Crippen molar-refractivity contribution in [2.24, 2.45) is 5.73 Å². The highest BCUT2D eigenvalue weighted by molar-refractivity contribution is 6.38. The number of anilines is 1. The third-order valence-electron chi connectivity index (χ3n) is 3.97. The minimum Gasteiger partial charge on any atom is -0.366 e. The number of nitrogens with one attached hydrogen (secondary N) is 1. The van der Waals surface area contributed by atoms with Crippen molar-refractivity contribution in [1.82, 2.24) is 5.32 Å². The normalized spacial score (nSPS) is 15.9. The molecule has 26 heavy (non-hydrogen) atoms. The number of hydrogen-bond acceptors (Lipinski definition) is 3. The lowest BCUT2D eigenvalue weighted by Crippen LogP contribution is -2.29. The Morgan fingerprint density at radius 3 is 2.35 bits per heavy atom. The first-order valence-electron chi connectivity index (χ1n) is 7.52. The summed E-state index contributed by atoms with van der Waals surface area (Å²) < 4.78 is 0. The Bertz CT molecular complexity index is 985. The van der Waals surface area contributed by atoms with Crippen LogP contribution in [0.3, 0.4) is 0 Å². The second-order valence-corrected chi connectivity index (χ2v) is 6.36. The van der Waals surface area contributed by atoms with Crippen molar-refractivity contribution < 1.29 is 14.4 Å². The highest BCUT2D eigenvalue weighted by Crippen LogP contribution is 2.35. The van der Waals surface area contributed by atoms with E-state index in [2.05, 4.69) is 5.32 Å². The van der Waals surface area contributed by atoms with Gasteiger partial charge in [0.1, 0.15) is 5.70 Å². The average molecular weight is 390 g/mol. The topological polar surface area (TPSA) is 92.5 Å². The van der Waals surface area contributed by atoms with Crippen molar-refractivity contribution in [1.29, 1.82) is 0 Å². The van der Waals surface area contributed by atoms with Gasteiger partial charge in [-0.15, -0.1) is 0 Å². The first kappa shape index (κ1) is 18.0. The molecule has 0 saturated carbocycles. The number of hydrogen-bond donors (Lipinski definition) is 2. The molecule has 2 aromatic carbocycles. The van der Waals surface area contributed by atoms with Gasteiger partial charge in [-0.1, -0.05) is 47.5 Å². The van der Waals surface area contributed by atoms with E-state index >= 15 is 0 Å². The fourth-order valence-electron chi connectivity index (χ4n) is 2.75. The molecular formula is C18H13Cl2N3O3. The lowest BCUT2D eigenvalue weighted by molar-refractivity contribution is -0.116. The van der Waals surface area contributed by atoms with Crippen molar-refractivity contribution in [3.63, 3.8) is 0 Å². The maximum absolute atomic E-state index is 12.5. The largest absolute Gasteiger partial charge is 0.366 e. The van der Waals surface area contributed by atoms with E-state index in [0.717, 1.165) is 4.90 Å². The average Bonchev–Trinajstić information content (AvgIpc) is 2.86. The van der Waals surface area contributed by atoms with E-state index < -0.39 is 17.8 Å². The molecule has 6 nitrogen and oxygen atoms in total. The summed E-state index contributed by atoms with van der Waals surface area (Å²) in [5.74, 6) is -1.63. The molecule has 0 aliphatic carbocycles. The first-order valence-corrected chi connectivity index (χ1v) is 8.28. The fraction of sp³-hybridized carbons (Fsp3) is 0.0556. The van der Waals surface area contributed by atoms with Gasteiger partial charge in [0.25, 0.3) is 11.8 Å². The molecule has 4 amide bonds. The van der Waals surface area contributed by atoms with Crippen molar-refractivity contribution in [2.45, 2.75) is 6.92 Å². The van der Waals surface area contributed by atoms with Gasteiger partial charge in [-0.3, -0.25) is 19.8 Å². The lowest BCUT2D eigenvalue weighted by atomic mass is 10.0. The SMILES string of the molecule is Cc1c(Cl)cccc1N1C(=O)NC(=O)/C1=C(/C(N)=O)c1ccccc1Cl. The van der Waals surface area contributed by atoms with Gasteiger partial charge in [0.2, 0.25) is 0 Å². The van der Waals surface area contributed by atoms with Gasteiger partial charge in [0, 0.05) is 15.6 Å². The molecule has 0 atom stereocenters. The smallest absolute Gasteiger partial charge is 0.333 e. The zero-order valence-electron chi connectivity index (χ0n) is 13.5. The van der Waals surface area contributed by atoms with Crippen molar-refractivity contribution in [2.75, 3.05) is 4.90 Å². The predicted octanol–water partition coefficient (Wildman–Crippen LogP) is 3.25. The van der Waals surface area contributed by atoms with E-state index in [1.807, 2.05) is 0 Å². The Hall–Kier alpha value is -2.83. The number of urea groups is 1.